The third kappa shape index (κ3) is 1.88. The summed E-state index contributed by atoms with van der Waals surface area (Å²) in [5.74, 6) is 0.323. The number of hydrogen-bond donors (Lipinski definition) is 1. The molecule has 2 aliphatic rings. The zero-order valence-electron chi connectivity index (χ0n) is 9.75. The predicted molar refractivity (Wildman–Crippen MR) is 59.7 cm³/mol. The third-order valence-corrected chi connectivity index (χ3v) is 3.89. The van der Waals surface area contributed by atoms with E-state index < -0.39 is 0 Å². The fourth-order valence-electron chi connectivity index (χ4n) is 2.41. The summed E-state index contributed by atoms with van der Waals surface area (Å²) in [7, 11) is 4.02. The molecule has 1 N–H and O–H groups in total. The number of carbonyl (C=O) groups excluding carboxylic acids is 1. The first-order chi connectivity index (χ1) is 7.18. The molecule has 0 radical (unpaired) electrons. The molecule has 1 aliphatic heterocycles. The first-order valence-electron chi connectivity index (χ1n) is 5.85. The summed E-state index contributed by atoms with van der Waals surface area (Å²) >= 11 is 0. The zero-order chi connectivity index (χ0) is 10.9. The predicted octanol–water partition coefficient (Wildman–Crippen LogP) is -0.0975. The van der Waals surface area contributed by atoms with E-state index in [1.165, 1.54) is 6.42 Å². The lowest BCUT2D eigenvalue weighted by atomic mass is 9.75. The van der Waals surface area contributed by atoms with Crippen LogP contribution in [0.4, 0.5) is 0 Å². The summed E-state index contributed by atoms with van der Waals surface area (Å²) < 4.78 is 0. The van der Waals surface area contributed by atoms with Crippen LogP contribution in [0.5, 0.6) is 0 Å². The van der Waals surface area contributed by atoms with Crippen molar-refractivity contribution >= 4 is 5.91 Å². The van der Waals surface area contributed by atoms with Crippen molar-refractivity contribution in [1.82, 2.24) is 15.1 Å². The molecule has 1 aliphatic carbocycles. The van der Waals surface area contributed by atoms with Crippen molar-refractivity contribution < 1.29 is 4.79 Å². The number of carbonyl (C=O) groups is 1. The van der Waals surface area contributed by atoms with Gasteiger partial charge in [0.25, 0.3) is 0 Å². The van der Waals surface area contributed by atoms with Gasteiger partial charge in [-0.1, -0.05) is 0 Å². The van der Waals surface area contributed by atoms with Crippen molar-refractivity contribution in [2.45, 2.75) is 24.8 Å². The van der Waals surface area contributed by atoms with Crippen LogP contribution in [0.15, 0.2) is 0 Å². The minimum Gasteiger partial charge on any atom is -0.339 e. The molecule has 1 heterocycles. The van der Waals surface area contributed by atoms with E-state index in [0.717, 1.165) is 39.0 Å². The summed E-state index contributed by atoms with van der Waals surface area (Å²) in [6, 6.07) is 0. The van der Waals surface area contributed by atoms with E-state index in [0.29, 0.717) is 5.91 Å². The monoisotopic (exact) mass is 211 g/mol. The molecule has 2 rings (SSSR count). The average Bonchev–Trinajstić information content (AvgIpc) is 2.18. The van der Waals surface area contributed by atoms with Gasteiger partial charge in [0.2, 0.25) is 5.91 Å². The summed E-state index contributed by atoms with van der Waals surface area (Å²) in [5.41, 5.74) is -0.212. The lowest BCUT2D eigenvalue weighted by Crippen LogP contribution is -2.63. The molecular weight excluding hydrogens is 190 g/mol. The summed E-state index contributed by atoms with van der Waals surface area (Å²) in [5, 5.41) is 3.22. The lowest BCUT2D eigenvalue weighted by Gasteiger charge is -2.45. The quantitative estimate of drug-likeness (QED) is 0.693. The molecule has 0 aromatic carbocycles. The van der Waals surface area contributed by atoms with E-state index in [1.54, 1.807) is 0 Å². The molecule has 4 nitrogen and oxygen atoms in total. The van der Waals surface area contributed by atoms with Gasteiger partial charge in [0.15, 0.2) is 0 Å². The van der Waals surface area contributed by atoms with Crippen LogP contribution in [0.25, 0.3) is 0 Å². The molecule has 15 heavy (non-hydrogen) atoms. The van der Waals surface area contributed by atoms with Crippen molar-refractivity contribution in [2.75, 3.05) is 40.3 Å². The van der Waals surface area contributed by atoms with Gasteiger partial charge in [-0.25, -0.2) is 0 Å². The van der Waals surface area contributed by atoms with Crippen molar-refractivity contribution in [2.24, 2.45) is 0 Å². The molecule has 0 atom stereocenters. The topological polar surface area (TPSA) is 35.6 Å². The standard InChI is InChI=1S/C11H21N3O/c1-12-11(4-3-5-11)10(15)14-8-6-13(2)7-9-14/h12H,3-9H2,1-2H3. The Morgan fingerprint density at radius 3 is 2.20 bits per heavy atom. The number of likely N-dealkylation sites (N-methyl/N-ethyl adjacent to an activating group) is 2. The molecule has 2 fully saturated rings. The van der Waals surface area contributed by atoms with Crippen LogP contribution in [-0.4, -0.2) is 61.5 Å². The second-order valence-corrected chi connectivity index (χ2v) is 4.78. The van der Waals surface area contributed by atoms with E-state index in [4.69, 9.17) is 0 Å². The fourth-order valence-corrected chi connectivity index (χ4v) is 2.41. The fraction of sp³-hybridized carbons (Fsp3) is 0.909. The first kappa shape index (κ1) is 10.9. The highest BCUT2D eigenvalue weighted by molar-refractivity contribution is 5.87. The van der Waals surface area contributed by atoms with Gasteiger partial charge in [0, 0.05) is 26.2 Å². The van der Waals surface area contributed by atoms with Gasteiger partial charge in [-0.05, 0) is 33.4 Å². The molecule has 86 valence electrons. The van der Waals surface area contributed by atoms with Crippen LogP contribution in [0.3, 0.4) is 0 Å². The highest BCUT2D eigenvalue weighted by atomic mass is 16.2. The number of piperazine rings is 1. The van der Waals surface area contributed by atoms with Gasteiger partial charge in [-0.2, -0.15) is 0 Å². The molecule has 0 spiro atoms. The average molecular weight is 211 g/mol. The molecule has 1 amide bonds. The van der Waals surface area contributed by atoms with Crippen molar-refractivity contribution in [3.8, 4) is 0 Å². The van der Waals surface area contributed by atoms with E-state index in [-0.39, 0.29) is 5.54 Å². The second-order valence-electron chi connectivity index (χ2n) is 4.78. The van der Waals surface area contributed by atoms with E-state index in [2.05, 4.69) is 17.3 Å². The Balaban J connectivity index is 1.95. The minimum atomic E-state index is -0.212. The Kier molecular flexibility index (Phi) is 2.98. The number of nitrogens with zero attached hydrogens (tertiary/aromatic N) is 2. The minimum absolute atomic E-state index is 0.212. The molecule has 0 aromatic rings. The van der Waals surface area contributed by atoms with Crippen LogP contribution in [0.1, 0.15) is 19.3 Å². The van der Waals surface area contributed by atoms with Gasteiger partial charge >= 0.3 is 0 Å². The number of rotatable bonds is 2. The molecule has 0 unspecified atom stereocenters. The van der Waals surface area contributed by atoms with E-state index in [9.17, 15) is 4.79 Å². The third-order valence-electron chi connectivity index (χ3n) is 3.89. The maximum absolute atomic E-state index is 12.3. The largest absolute Gasteiger partial charge is 0.339 e. The van der Waals surface area contributed by atoms with Gasteiger partial charge < -0.3 is 15.1 Å². The molecule has 1 saturated heterocycles. The number of amides is 1. The van der Waals surface area contributed by atoms with Crippen LogP contribution < -0.4 is 5.32 Å². The van der Waals surface area contributed by atoms with Gasteiger partial charge in [-0.15, -0.1) is 0 Å². The Labute approximate surface area is 91.6 Å². The summed E-state index contributed by atoms with van der Waals surface area (Å²) in [6.07, 6.45) is 3.20. The van der Waals surface area contributed by atoms with Gasteiger partial charge in [0.1, 0.15) is 0 Å². The zero-order valence-corrected chi connectivity index (χ0v) is 9.75. The molecule has 4 heteroatoms. The van der Waals surface area contributed by atoms with Gasteiger partial charge in [-0.3, -0.25) is 4.79 Å². The van der Waals surface area contributed by atoms with E-state index in [1.807, 2.05) is 11.9 Å². The van der Waals surface area contributed by atoms with Crippen molar-refractivity contribution in [1.29, 1.82) is 0 Å². The molecule has 0 bridgehead atoms. The second kappa shape index (κ2) is 4.10. The van der Waals surface area contributed by atoms with Crippen LogP contribution >= 0.6 is 0 Å². The normalized spacial score (nSPS) is 26.1. The van der Waals surface area contributed by atoms with Crippen LogP contribution in [0.2, 0.25) is 0 Å². The SMILES string of the molecule is CNC1(C(=O)N2CCN(C)CC2)CCC1. The summed E-state index contributed by atoms with van der Waals surface area (Å²) in [4.78, 5) is 16.6. The highest BCUT2D eigenvalue weighted by Crippen LogP contribution is 2.33. The Bertz CT molecular complexity index is 237. The molecule has 1 saturated carbocycles. The number of hydrogen-bond acceptors (Lipinski definition) is 3. The Morgan fingerprint density at radius 2 is 1.80 bits per heavy atom. The van der Waals surface area contributed by atoms with Crippen LogP contribution in [0, 0.1) is 0 Å². The van der Waals surface area contributed by atoms with Crippen LogP contribution in [-0.2, 0) is 4.79 Å². The maximum atomic E-state index is 12.3. The van der Waals surface area contributed by atoms with Crippen molar-refractivity contribution in [3.63, 3.8) is 0 Å². The first-order valence-corrected chi connectivity index (χ1v) is 5.85. The Hall–Kier alpha value is -0.610. The maximum Gasteiger partial charge on any atom is 0.242 e. The number of nitrogens with one attached hydrogen (secondary N) is 1. The summed E-state index contributed by atoms with van der Waals surface area (Å²) in [6.45, 7) is 3.79. The van der Waals surface area contributed by atoms with E-state index >= 15 is 0 Å². The lowest BCUT2D eigenvalue weighted by molar-refractivity contribution is -0.143. The van der Waals surface area contributed by atoms with Crippen molar-refractivity contribution in [3.05, 3.63) is 0 Å². The smallest absolute Gasteiger partial charge is 0.242 e. The Morgan fingerprint density at radius 1 is 1.20 bits per heavy atom. The molecular formula is C11H21N3O. The van der Waals surface area contributed by atoms with Gasteiger partial charge in [0.05, 0.1) is 5.54 Å². The molecule has 0 aromatic heterocycles. The highest BCUT2D eigenvalue weighted by Gasteiger charge is 2.45.